The van der Waals surface area contributed by atoms with Crippen LogP contribution in [0.5, 0.6) is 0 Å². The number of hydrogen-bond donors (Lipinski definition) is 0. The Kier molecular flexibility index (Phi) is 20.2. The van der Waals surface area contributed by atoms with Gasteiger partial charge in [0.05, 0.1) is 0 Å². The molecule has 0 fully saturated rings. The third-order valence-corrected chi connectivity index (χ3v) is 33.7. The van der Waals surface area contributed by atoms with Crippen LogP contribution in [-0.2, 0) is 16.2 Å². The van der Waals surface area contributed by atoms with Crippen LogP contribution in [0.1, 0.15) is 74.9 Å². The Labute approximate surface area is 872 Å². The molecule has 0 aliphatic heterocycles. The van der Waals surface area contributed by atoms with Crippen LogP contribution in [0, 0.1) is 0 Å². The van der Waals surface area contributed by atoms with Gasteiger partial charge in [-0.25, -0.2) is 0 Å². The average Bonchev–Trinajstić information content (AvgIpc) is 1.19. The second-order valence-corrected chi connectivity index (χ2v) is 43.0. The van der Waals surface area contributed by atoms with Gasteiger partial charge >= 0.3 is 0 Å². The van der Waals surface area contributed by atoms with Gasteiger partial charge in [0.2, 0.25) is 0 Å². The summed E-state index contributed by atoms with van der Waals surface area (Å²) in [6.45, 7) is 14.3. The van der Waals surface area contributed by atoms with Crippen molar-refractivity contribution in [3.05, 3.63) is 543 Å². The minimum atomic E-state index is -0.0848. The first-order valence-corrected chi connectivity index (χ1v) is 52.7. The lowest BCUT2D eigenvalue weighted by atomic mass is 9.80. The third-order valence-electron chi connectivity index (χ3n) is 33.7. The van der Waals surface area contributed by atoms with Gasteiger partial charge in [-0.05, 0) is 353 Å². The predicted octanol–water partition coefficient (Wildman–Crippen LogP) is 41.6. The van der Waals surface area contributed by atoms with Crippen LogP contribution in [0.3, 0.4) is 0 Å². The smallest absolute Gasteiger partial charge is 0.143 e. The zero-order valence-corrected chi connectivity index (χ0v) is 84.4. The van der Waals surface area contributed by atoms with E-state index in [1.807, 2.05) is 0 Å². The zero-order chi connectivity index (χ0) is 99.9. The fourth-order valence-corrected chi connectivity index (χ4v) is 26.3. The first-order chi connectivity index (χ1) is 73.6. The van der Waals surface area contributed by atoms with Gasteiger partial charge < -0.3 is 4.42 Å². The highest BCUT2D eigenvalue weighted by molar-refractivity contribution is 6.28. The summed E-state index contributed by atoms with van der Waals surface area (Å²) in [5, 5.41) is 29.9. The van der Waals surface area contributed by atoms with E-state index in [-0.39, 0.29) is 16.2 Å². The van der Waals surface area contributed by atoms with E-state index in [1.165, 1.54) is 280 Å². The molecule has 3 aliphatic rings. The number of rotatable bonds is 9. The Morgan fingerprint density at radius 3 is 0.840 bits per heavy atom. The van der Waals surface area contributed by atoms with Crippen molar-refractivity contribution >= 4 is 140 Å². The molecule has 1 heteroatoms. The van der Waals surface area contributed by atoms with Crippen molar-refractivity contribution in [3.8, 4) is 134 Å². The molecule has 0 N–H and O–H groups in total. The Balaban J connectivity index is 0.000000106. The second-order valence-electron chi connectivity index (χ2n) is 43.0. The molecule has 0 saturated heterocycles. The third kappa shape index (κ3) is 14.0. The van der Waals surface area contributed by atoms with Crippen molar-refractivity contribution in [1.29, 1.82) is 0 Å². The molecule has 150 heavy (non-hydrogen) atoms. The molecule has 1 heterocycles. The second kappa shape index (κ2) is 34.4. The monoisotopic (exact) mass is 1910 g/mol. The molecular formula is C149H102O. The Bertz CT molecular complexity index is 10600. The summed E-state index contributed by atoms with van der Waals surface area (Å²) < 4.78 is 6.50. The molecule has 1 nitrogen and oxygen atoms in total. The quantitative estimate of drug-likeness (QED) is 0.131. The number of benzene rings is 27. The van der Waals surface area contributed by atoms with E-state index in [0.717, 1.165) is 27.3 Å². The predicted molar refractivity (Wildman–Crippen MR) is 641 cm³/mol. The van der Waals surface area contributed by atoms with Crippen LogP contribution in [-0.4, -0.2) is 0 Å². The van der Waals surface area contributed by atoms with Crippen molar-refractivity contribution < 1.29 is 4.42 Å². The lowest BCUT2D eigenvalue weighted by Gasteiger charge is -2.23. The van der Waals surface area contributed by atoms with Crippen LogP contribution >= 0.6 is 0 Å². The van der Waals surface area contributed by atoms with E-state index in [4.69, 9.17) is 4.42 Å². The maximum absolute atomic E-state index is 6.50. The maximum atomic E-state index is 6.50. The molecule has 0 atom stereocenters. The molecule has 27 aromatic carbocycles. The van der Waals surface area contributed by atoms with Gasteiger partial charge in [0.25, 0.3) is 0 Å². The lowest BCUT2D eigenvalue weighted by molar-refractivity contribution is 0.660. The van der Waals surface area contributed by atoms with Gasteiger partial charge in [0, 0.05) is 32.4 Å². The van der Waals surface area contributed by atoms with Gasteiger partial charge in [-0.15, -0.1) is 0 Å². The lowest BCUT2D eigenvalue weighted by Crippen LogP contribution is -2.14. The van der Waals surface area contributed by atoms with Crippen molar-refractivity contribution in [2.24, 2.45) is 0 Å². The first-order valence-electron chi connectivity index (χ1n) is 52.7. The topological polar surface area (TPSA) is 13.1 Å². The number of fused-ring (bicyclic) bond motifs is 24. The van der Waals surface area contributed by atoms with Crippen LogP contribution in [0.25, 0.3) is 274 Å². The normalized spacial score (nSPS) is 13.3. The molecule has 0 spiro atoms. The van der Waals surface area contributed by atoms with E-state index in [0.29, 0.717) is 0 Å². The summed E-state index contributed by atoms with van der Waals surface area (Å²) in [5.41, 5.74) is 40.7. The molecule has 0 unspecified atom stereocenters. The Hall–Kier alpha value is -18.4. The van der Waals surface area contributed by atoms with Crippen LogP contribution in [0.4, 0.5) is 0 Å². The van der Waals surface area contributed by atoms with Crippen molar-refractivity contribution in [2.45, 2.75) is 57.8 Å². The highest BCUT2D eigenvalue weighted by Gasteiger charge is 2.40. The minimum absolute atomic E-state index is 0.0573. The molecule has 704 valence electrons. The van der Waals surface area contributed by atoms with Crippen molar-refractivity contribution in [3.63, 3.8) is 0 Å². The largest absolute Gasteiger partial charge is 0.455 e. The fraction of sp³-hybridized carbons (Fsp3) is 0.0604. The molecule has 3 aliphatic carbocycles. The van der Waals surface area contributed by atoms with Crippen LogP contribution in [0.15, 0.2) is 514 Å². The molecule has 0 saturated carbocycles. The standard InChI is InChI=1S/C54H40.C49H34.C46H28O/c1-53(2)47-19-11-9-15-39(47)41-26-23-36(31-49(41)53)35-24-28-45-46(30-35)52(38-25-27-42-40-16-10-12-20-48(40)54(3,4)50(42)32-38)44-18-8-7-17-43(44)51(45)37-22-21-33-13-5-6-14-34(33)29-37;1-49(2)45-21-10-9-17-38(45)39-26-25-36(30-46(39)49)47-41-18-7-8-19-42(41)48(40-20-11-15-32-13-5-6-16-37(32)40)43-27-24-35(29-44(43)47)34-23-22-31-12-3-4-14-33(31)28-34;1-2-12-31(13-3-1)44-37-16-8-9-17-38(37)45(39-23-21-34(27-42(39)44)33-19-18-29-10-4-5-14-32(29)26-33)35-22-25-43-41(28-35)40-24-20-30-11-6-7-15-36(30)46(40)47-43/h5-32H,1-4H3;3-30H,1-2H3;1-28H. The Morgan fingerprint density at radius 2 is 0.380 bits per heavy atom. The summed E-state index contributed by atoms with van der Waals surface area (Å²) in [4.78, 5) is 0. The first kappa shape index (κ1) is 88.1. The maximum Gasteiger partial charge on any atom is 0.143 e. The van der Waals surface area contributed by atoms with E-state index >= 15 is 0 Å². The molecule has 0 radical (unpaired) electrons. The molecule has 0 bridgehead atoms. The van der Waals surface area contributed by atoms with E-state index in [9.17, 15) is 0 Å². The summed E-state index contributed by atoms with van der Waals surface area (Å²) in [6.07, 6.45) is 0. The van der Waals surface area contributed by atoms with Gasteiger partial charge in [0.15, 0.2) is 0 Å². The van der Waals surface area contributed by atoms with Gasteiger partial charge in [0.1, 0.15) is 11.2 Å². The van der Waals surface area contributed by atoms with Gasteiger partial charge in [-0.1, -0.05) is 478 Å². The fourth-order valence-electron chi connectivity index (χ4n) is 26.3. The SMILES string of the molecule is CC1(C)c2ccccc2-c2ccc(-c3c4ccccc4c(-c4cccc5ccccc45)c4ccc(-c5ccc6ccccc6c5)cc34)cc21.CC1(C)c2ccccc2-c2ccc(-c3ccc4c(-c5ccc6ccccc6c5)c5ccccc5c(-c5ccc6c(c5)C(C)(C)c5ccccc5-6)c4c3)cc21.c1ccc(-c2c3ccccc3c(-c3ccc4oc5c6ccccc6ccc5c4c3)c3ccc(-c4ccc5ccccc5c4)cc23)cc1. The van der Waals surface area contributed by atoms with Gasteiger partial charge in [-0.3, -0.25) is 0 Å². The van der Waals surface area contributed by atoms with Crippen molar-refractivity contribution in [2.75, 3.05) is 0 Å². The molecule has 31 rings (SSSR count). The van der Waals surface area contributed by atoms with Crippen LogP contribution < -0.4 is 0 Å². The summed E-state index contributed by atoms with van der Waals surface area (Å²) in [6, 6.07) is 189. The molecule has 0 amide bonds. The van der Waals surface area contributed by atoms with E-state index in [1.54, 1.807) is 0 Å². The molecule has 1 aromatic heterocycles. The molecule has 28 aromatic rings. The minimum Gasteiger partial charge on any atom is -0.455 e. The number of hydrogen-bond acceptors (Lipinski definition) is 1. The summed E-state index contributed by atoms with van der Waals surface area (Å²) in [7, 11) is 0. The number of furan rings is 1. The highest BCUT2D eigenvalue weighted by Crippen LogP contribution is 2.58. The zero-order valence-electron chi connectivity index (χ0n) is 84.4. The summed E-state index contributed by atoms with van der Waals surface area (Å²) in [5.74, 6) is 0. The van der Waals surface area contributed by atoms with Crippen LogP contribution in [0.2, 0.25) is 0 Å². The van der Waals surface area contributed by atoms with Crippen molar-refractivity contribution in [1.82, 2.24) is 0 Å². The van der Waals surface area contributed by atoms with E-state index < -0.39 is 0 Å². The van der Waals surface area contributed by atoms with Gasteiger partial charge in [-0.2, -0.15) is 0 Å². The Morgan fingerprint density at radius 1 is 0.127 bits per heavy atom. The summed E-state index contributed by atoms with van der Waals surface area (Å²) >= 11 is 0. The molecular weight excluding hydrogens is 1810 g/mol. The van der Waals surface area contributed by atoms with E-state index in [2.05, 4.69) is 551 Å². The average molecular weight is 1910 g/mol. The highest BCUT2D eigenvalue weighted by atomic mass is 16.3.